The number of nitrogens with two attached hydrogens (primary N) is 1. The molecule has 108 valence electrons. The highest BCUT2D eigenvalue weighted by molar-refractivity contribution is 6.33. The van der Waals surface area contributed by atoms with Gasteiger partial charge in [0.25, 0.3) is 0 Å². The Kier molecular flexibility index (Phi) is 5.29. The van der Waals surface area contributed by atoms with Crippen LogP contribution in [-0.4, -0.2) is 17.1 Å². The Hall–Kier alpha value is -0.720. The number of aromatic nitrogens is 1. The van der Waals surface area contributed by atoms with Gasteiger partial charge in [0.1, 0.15) is 5.82 Å². The van der Waals surface area contributed by atoms with E-state index in [2.05, 4.69) is 10.3 Å². The molecule has 0 aromatic carbocycles. The van der Waals surface area contributed by atoms with Gasteiger partial charge in [0.05, 0.1) is 10.6 Å². The summed E-state index contributed by atoms with van der Waals surface area (Å²) in [4.78, 5) is 3.72. The van der Waals surface area contributed by atoms with E-state index in [4.69, 9.17) is 17.3 Å². The number of nitrogens with one attached hydrogen (secondary N) is 1. The predicted octanol–water partition coefficient (Wildman–Crippen LogP) is 3.47. The van der Waals surface area contributed by atoms with E-state index >= 15 is 0 Å². The molecule has 2 rings (SSSR count). The third-order valence-corrected chi connectivity index (χ3v) is 3.35. The Balaban J connectivity index is 0.00000180. The van der Waals surface area contributed by atoms with Gasteiger partial charge in [-0.1, -0.05) is 11.6 Å². The molecular weight excluding hydrogens is 302 g/mol. The highest BCUT2D eigenvalue weighted by Gasteiger charge is 2.32. The molecule has 0 amide bonds. The van der Waals surface area contributed by atoms with E-state index in [0.717, 1.165) is 31.5 Å². The average Bonchev–Trinajstić information content (AvgIpc) is 2.66. The van der Waals surface area contributed by atoms with Gasteiger partial charge >= 0.3 is 6.18 Å². The SMILES string of the molecule is Cl.NC1CCCC1Nc1ncc(C(F)(F)F)cc1Cl. The molecule has 1 heterocycles. The van der Waals surface area contributed by atoms with Crippen LogP contribution in [-0.2, 0) is 6.18 Å². The molecule has 2 unspecified atom stereocenters. The largest absolute Gasteiger partial charge is 0.417 e. The topological polar surface area (TPSA) is 50.9 Å². The Morgan fingerprint density at radius 2 is 2.05 bits per heavy atom. The van der Waals surface area contributed by atoms with Crippen molar-refractivity contribution in [1.29, 1.82) is 0 Å². The molecule has 3 nitrogen and oxygen atoms in total. The normalized spacial score (nSPS) is 23.0. The van der Waals surface area contributed by atoms with E-state index in [-0.39, 0.29) is 35.3 Å². The fraction of sp³-hybridized carbons (Fsp3) is 0.545. The second-order valence-electron chi connectivity index (χ2n) is 4.40. The molecule has 0 bridgehead atoms. The third-order valence-electron chi connectivity index (χ3n) is 3.06. The molecular formula is C11H14Cl2F3N3. The van der Waals surface area contributed by atoms with Gasteiger partial charge in [0.2, 0.25) is 0 Å². The van der Waals surface area contributed by atoms with Gasteiger partial charge in [0, 0.05) is 18.3 Å². The smallest absolute Gasteiger partial charge is 0.365 e. The number of hydrogen-bond acceptors (Lipinski definition) is 3. The highest BCUT2D eigenvalue weighted by atomic mass is 35.5. The molecule has 1 aliphatic rings. The van der Waals surface area contributed by atoms with Crippen LogP contribution in [0.15, 0.2) is 12.3 Å². The van der Waals surface area contributed by atoms with Crippen LogP contribution in [0.4, 0.5) is 19.0 Å². The Morgan fingerprint density at radius 1 is 1.37 bits per heavy atom. The second-order valence-corrected chi connectivity index (χ2v) is 4.80. The minimum absolute atomic E-state index is 0. The molecule has 8 heteroatoms. The monoisotopic (exact) mass is 315 g/mol. The van der Waals surface area contributed by atoms with Crippen molar-refractivity contribution in [3.63, 3.8) is 0 Å². The number of pyridine rings is 1. The lowest BCUT2D eigenvalue weighted by Gasteiger charge is -2.19. The quantitative estimate of drug-likeness (QED) is 0.878. The molecule has 0 radical (unpaired) electrons. The van der Waals surface area contributed by atoms with Crippen molar-refractivity contribution in [2.45, 2.75) is 37.5 Å². The van der Waals surface area contributed by atoms with Gasteiger partial charge in [-0.2, -0.15) is 13.2 Å². The molecule has 0 spiro atoms. The summed E-state index contributed by atoms with van der Waals surface area (Å²) in [6.45, 7) is 0. The highest BCUT2D eigenvalue weighted by Crippen LogP contribution is 2.33. The standard InChI is InChI=1S/C11H13ClF3N3.ClH/c12-7-4-6(11(13,14)15)5-17-10(7)18-9-3-1-2-8(9)16;/h4-5,8-9H,1-3,16H2,(H,17,18);1H. The molecule has 1 fully saturated rings. The summed E-state index contributed by atoms with van der Waals surface area (Å²) in [5.41, 5.74) is 5.01. The molecule has 1 saturated carbocycles. The average molecular weight is 316 g/mol. The summed E-state index contributed by atoms with van der Waals surface area (Å²) in [7, 11) is 0. The van der Waals surface area contributed by atoms with Crippen LogP contribution in [0.1, 0.15) is 24.8 Å². The Bertz CT molecular complexity index is 440. The maximum atomic E-state index is 12.4. The first-order valence-corrected chi connectivity index (χ1v) is 6.00. The third kappa shape index (κ3) is 3.87. The maximum Gasteiger partial charge on any atom is 0.417 e. The summed E-state index contributed by atoms with van der Waals surface area (Å²) < 4.78 is 37.3. The lowest BCUT2D eigenvalue weighted by atomic mass is 10.2. The molecule has 1 aliphatic carbocycles. The van der Waals surface area contributed by atoms with Crippen LogP contribution in [0, 0.1) is 0 Å². The maximum absolute atomic E-state index is 12.4. The minimum atomic E-state index is -4.43. The van der Waals surface area contributed by atoms with Gasteiger partial charge in [-0.15, -0.1) is 12.4 Å². The first-order chi connectivity index (χ1) is 8.38. The van der Waals surface area contributed by atoms with Crippen molar-refractivity contribution in [2.75, 3.05) is 5.32 Å². The van der Waals surface area contributed by atoms with Crippen molar-refractivity contribution >= 4 is 29.8 Å². The zero-order chi connectivity index (χ0) is 13.3. The van der Waals surface area contributed by atoms with Crippen LogP contribution in [0.25, 0.3) is 0 Å². The molecule has 1 aromatic heterocycles. The summed E-state index contributed by atoms with van der Waals surface area (Å²) in [5, 5.41) is 2.96. The number of anilines is 1. The lowest BCUT2D eigenvalue weighted by molar-refractivity contribution is -0.137. The van der Waals surface area contributed by atoms with Crippen molar-refractivity contribution in [3.05, 3.63) is 22.8 Å². The second kappa shape index (κ2) is 6.15. The van der Waals surface area contributed by atoms with Gasteiger partial charge in [-0.3, -0.25) is 0 Å². The van der Waals surface area contributed by atoms with E-state index in [9.17, 15) is 13.2 Å². The van der Waals surface area contributed by atoms with E-state index in [1.807, 2.05) is 0 Å². The number of nitrogens with zero attached hydrogens (tertiary/aromatic N) is 1. The lowest BCUT2D eigenvalue weighted by Crippen LogP contribution is -2.35. The summed E-state index contributed by atoms with van der Waals surface area (Å²) in [6, 6.07) is 0.883. The molecule has 19 heavy (non-hydrogen) atoms. The molecule has 1 aromatic rings. The number of alkyl halides is 3. The number of rotatable bonds is 2. The Morgan fingerprint density at radius 3 is 2.53 bits per heavy atom. The van der Waals surface area contributed by atoms with E-state index < -0.39 is 11.7 Å². The zero-order valence-corrected chi connectivity index (χ0v) is 11.4. The number of halogens is 5. The number of hydrogen-bond donors (Lipinski definition) is 2. The predicted molar refractivity (Wildman–Crippen MR) is 70.7 cm³/mol. The first kappa shape index (κ1) is 16.3. The van der Waals surface area contributed by atoms with Crippen molar-refractivity contribution in [3.8, 4) is 0 Å². The van der Waals surface area contributed by atoms with Crippen LogP contribution in [0.2, 0.25) is 5.02 Å². The Labute approximate surface area is 120 Å². The van der Waals surface area contributed by atoms with Crippen LogP contribution in [0.5, 0.6) is 0 Å². The van der Waals surface area contributed by atoms with Crippen molar-refractivity contribution < 1.29 is 13.2 Å². The molecule has 0 aliphatic heterocycles. The van der Waals surface area contributed by atoms with Crippen LogP contribution < -0.4 is 11.1 Å². The summed E-state index contributed by atoms with van der Waals surface area (Å²) in [6.07, 6.45) is -0.888. The molecule has 3 N–H and O–H groups in total. The summed E-state index contributed by atoms with van der Waals surface area (Å²) >= 11 is 5.80. The molecule has 2 atom stereocenters. The van der Waals surface area contributed by atoms with E-state index in [0.29, 0.717) is 0 Å². The van der Waals surface area contributed by atoms with Crippen molar-refractivity contribution in [1.82, 2.24) is 4.98 Å². The van der Waals surface area contributed by atoms with E-state index in [1.54, 1.807) is 0 Å². The van der Waals surface area contributed by atoms with Crippen molar-refractivity contribution in [2.24, 2.45) is 5.73 Å². The zero-order valence-electron chi connectivity index (χ0n) is 9.88. The minimum Gasteiger partial charge on any atom is -0.365 e. The van der Waals surface area contributed by atoms with E-state index in [1.165, 1.54) is 0 Å². The van der Waals surface area contributed by atoms with Gasteiger partial charge in [-0.05, 0) is 25.3 Å². The fourth-order valence-electron chi connectivity index (χ4n) is 2.04. The van der Waals surface area contributed by atoms with Crippen LogP contribution >= 0.6 is 24.0 Å². The fourth-order valence-corrected chi connectivity index (χ4v) is 2.26. The molecule has 0 saturated heterocycles. The van der Waals surface area contributed by atoms with Gasteiger partial charge < -0.3 is 11.1 Å². The van der Waals surface area contributed by atoms with Gasteiger partial charge in [-0.25, -0.2) is 4.98 Å². The van der Waals surface area contributed by atoms with Crippen LogP contribution in [0.3, 0.4) is 0 Å². The first-order valence-electron chi connectivity index (χ1n) is 5.63. The van der Waals surface area contributed by atoms with Gasteiger partial charge in [0.15, 0.2) is 0 Å². The summed E-state index contributed by atoms with van der Waals surface area (Å²) in [5.74, 6) is 0.256.